The van der Waals surface area contributed by atoms with E-state index in [4.69, 9.17) is 5.73 Å². The molecule has 0 heterocycles. The average molecular weight is 194 g/mol. The Morgan fingerprint density at radius 1 is 1.21 bits per heavy atom. The molecule has 0 aliphatic heterocycles. The SMILES string of the molecule is Nc1cc(F)cc(NC2CCCC2)c1. The Labute approximate surface area is 83.3 Å². The lowest BCUT2D eigenvalue weighted by Crippen LogP contribution is -2.14. The minimum Gasteiger partial charge on any atom is -0.399 e. The quantitative estimate of drug-likeness (QED) is 0.710. The first kappa shape index (κ1) is 9.31. The second-order valence-electron chi connectivity index (χ2n) is 3.90. The van der Waals surface area contributed by atoms with Crippen LogP contribution in [0.15, 0.2) is 18.2 Å². The highest BCUT2D eigenvalue weighted by molar-refractivity contribution is 5.55. The first-order valence-corrected chi connectivity index (χ1v) is 5.06. The van der Waals surface area contributed by atoms with Crippen molar-refractivity contribution in [2.75, 3.05) is 11.1 Å². The Bertz CT molecular complexity index is 299. The number of hydrogen-bond donors (Lipinski definition) is 2. The standard InChI is InChI=1S/C11H15FN2/c12-8-5-9(13)7-11(6-8)14-10-3-1-2-4-10/h5-7,10,14H,1-4,13H2. The molecule has 1 aliphatic rings. The van der Waals surface area contributed by atoms with E-state index in [0.29, 0.717) is 11.7 Å². The Hall–Kier alpha value is -1.25. The number of halogens is 1. The number of anilines is 2. The zero-order chi connectivity index (χ0) is 9.97. The van der Waals surface area contributed by atoms with Crippen LogP contribution in [0.2, 0.25) is 0 Å². The van der Waals surface area contributed by atoms with Crippen LogP contribution < -0.4 is 11.1 Å². The van der Waals surface area contributed by atoms with Gasteiger partial charge in [-0.3, -0.25) is 0 Å². The third-order valence-corrected chi connectivity index (χ3v) is 2.65. The predicted molar refractivity (Wildman–Crippen MR) is 56.7 cm³/mol. The molecule has 0 saturated heterocycles. The summed E-state index contributed by atoms with van der Waals surface area (Å²) in [6.45, 7) is 0. The summed E-state index contributed by atoms with van der Waals surface area (Å²) in [5.74, 6) is -0.273. The molecule has 0 aromatic heterocycles. The zero-order valence-electron chi connectivity index (χ0n) is 8.09. The van der Waals surface area contributed by atoms with E-state index in [2.05, 4.69) is 5.32 Å². The molecule has 3 heteroatoms. The number of nitrogens with two attached hydrogens (primary N) is 1. The first-order chi connectivity index (χ1) is 6.74. The van der Waals surface area contributed by atoms with Crippen LogP contribution in [0.25, 0.3) is 0 Å². The van der Waals surface area contributed by atoms with Gasteiger partial charge in [-0.15, -0.1) is 0 Å². The molecule has 2 rings (SSSR count). The number of benzene rings is 1. The fourth-order valence-electron chi connectivity index (χ4n) is 2.00. The van der Waals surface area contributed by atoms with Crippen LogP contribution in [0.3, 0.4) is 0 Å². The number of rotatable bonds is 2. The van der Waals surface area contributed by atoms with E-state index in [1.807, 2.05) is 0 Å². The maximum Gasteiger partial charge on any atom is 0.127 e. The number of nitrogens with one attached hydrogen (secondary N) is 1. The zero-order valence-corrected chi connectivity index (χ0v) is 8.09. The van der Waals surface area contributed by atoms with Crippen molar-refractivity contribution in [1.82, 2.24) is 0 Å². The molecule has 1 saturated carbocycles. The largest absolute Gasteiger partial charge is 0.399 e. The van der Waals surface area contributed by atoms with Gasteiger partial charge in [0.1, 0.15) is 5.82 Å². The lowest BCUT2D eigenvalue weighted by molar-refractivity contribution is 0.628. The highest BCUT2D eigenvalue weighted by Crippen LogP contribution is 2.23. The van der Waals surface area contributed by atoms with Crippen LogP contribution >= 0.6 is 0 Å². The van der Waals surface area contributed by atoms with Gasteiger partial charge in [-0.1, -0.05) is 12.8 Å². The molecule has 0 spiro atoms. The van der Waals surface area contributed by atoms with Gasteiger partial charge in [0.25, 0.3) is 0 Å². The third-order valence-electron chi connectivity index (χ3n) is 2.65. The number of nitrogen functional groups attached to an aromatic ring is 1. The second kappa shape index (κ2) is 3.86. The molecule has 2 nitrogen and oxygen atoms in total. The third kappa shape index (κ3) is 2.16. The van der Waals surface area contributed by atoms with Crippen molar-refractivity contribution in [3.8, 4) is 0 Å². The summed E-state index contributed by atoms with van der Waals surface area (Å²) >= 11 is 0. The van der Waals surface area contributed by atoms with Crippen molar-refractivity contribution in [3.05, 3.63) is 24.0 Å². The highest BCUT2D eigenvalue weighted by Gasteiger charge is 2.14. The Morgan fingerprint density at radius 2 is 1.93 bits per heavy atom. The van der Waals surface area contributed by atoms with E-state index >= 15 is 0 Å². The van der Waals surface area contributed by atoms with Gasteiger partial charge >= 0.3 is 0 Å². The number of hydrogen-bond acceptors (Lipinski definition) is 2. The average Bonchev–Trinajstić information content (AvgIpc) is 2.54. The van der Waals surface area contributed by atoms with E-state index in [0.717, 1.165) is 5.69 Å². The Morgan fingerprint density at radius 3 is 2.57 bits per heavy atom. The van der Waals surface area contributed by atoms with E-state index in [1.54, 1.807) is 6.07 Å². The van der Waals surface area contributed by atoms with Crippen LogP contribution in [0, 0.1) is 5.82 Å². The van der Waals surface area contributed by atoms with Crippen LogP contribution in [-0.4, -0.2) is 6.04 Å². The minimum atomic E-state index is -0.273. The van der Waals surface area contributed by atoms with E-state index in [-0.39, 0.29) is 5.82 Å². The molecular formula is C11H15FN2. The molecule has 1 aliphatic carbocycles. The summed E-state index contributed by atoms with van der Waals surface area (Å²) in [5.41, 5.74) is 6.83. The molecule has 1 aromatic carbocycles. The maximum absolute atomic E-state index is 13.0. The van der Waals surface area contributed by atoms with Crippen LogP contribution in [0.5, 0.6) is 0 Å². The first-order valence-electron chi connectivity index (χ1n) is 5.06. The van der Waals surface area contributed by atoms with Gasteiger partial charge in [0.15, 0.2) is 0 Å². The molecule has 0 amide bonds. The molecule has 3 N–H and O–H groups in total. The van der Waals surface area contributed by atoms with Gasteiger partial charge in [0.05, 0.1) is 0 Å². The molecule has 76 valence electrons. The van der Waals surface area contributed by atoms with Gasteiger partial charge in [0.2, 0.25) is 0 Å². The normalized spacial score (nSPS) is 17.2. The fourth-order valence-corrected chi connectivity index (χ4v) is 2.00. The highest BCUT2D eigenvalue weighted by atomic mass is 19.1. The van der Waals surface area contributed by atoms with E-state index in [9.17, 15) is 4.39 Å². The molecule has 0 radical (unpaired) electrons. The molecule has 0 unspecified atom stereocenters. The summed E-state index contributed by atoms with van der Waals surface area (Å²) in [6, 6.07) is 5.10. The smallest absolute Gasteiger partial charge is 0.127 e. The lowest BCUT2D eigenvalue weighted by atomic mass is 10.2. The van der Waals surface area contributed by atoms with Crippen molar-refractivity contribution in [1.29, 1.82) is 0 Å². The summed E-state index contributed by atoms with van der Waals surface area (Å²) in [4.78, 5) is 0. The van der Waals surface area contributed by atoms with Crippen molar-refractivity contribution in [2.24, 2.45) is 0 Å². The van der Waals surface area contributed by atoms with E-state index < -0.39 is 0 Å². The Balaban J connectivity index is 2.07. The Kier molecular flexibility index (Phi) is 2.57. The maximum atomic E-state index is 13.0. The lowest BCUT2D eigenvalue weighted by Gasteiger charge is -2.13. The van der Waals surface area contributed by atoms with Crippen LogP contribution in [-0.2, 0) is 0 Å². The molecule has 1 aromatic rings. The summed E-state index contributed by atoms with van der Waals surface area (Å²) in [5, 5.41) is 3.30. The summed E-state index contributed by atoms with van der Waals surface area (Å²) in [6.07, 6.45) is 4.89. The second-order valence-corrected chi connectivity index (χ2v) is 3.90. The predicted octanol–water partition coefficient (Wildman–Crippen LogP) is 2.76. The van der Waals surface area contributed by atoms with Gasteiger partial charge in [0, 0.05) is 17.4 Å². The molecular weight excluding hydrogens is 179 g/mol. The molecule has 1 fully saturated rings. The minimum absolute atomic E-state index is 0.273. The summed E-state index contributed by atoms with van der Waals surface area (Å²) < 4.78 is 13.0. The molecule has 0 bridgehead atoms. The van der Waals surface area contributed by atoms with Gasteiger partial charge in [-0.25, -0.2) is 4.39 Å². The topological polar surface area (TPSA) is 38.0 Å². The summed E-state index contributed by atoms with van der Waals surface area (Å²) in [7, 11) is 0. The van der Waals surface area contributed by atoms with Crippen molar-refractivity contribution in [3.63, 3.8) is 0 Å². The fraction of sp³-hybridized carbons (Fsp3) is 0.455. The van der Waals surface area contributed by atoms with Crippen molar-refractivity contribution >= 4 is 11.4 Å². The van der Waals surface area contributed by atoms with Gasteiger partial charge in [-0.05, 0) is 31.0 Å². The van der Waals surface area contributed by atoms with Crippen LogP contribution in [0.1, 0.15) is 25.7 Å². The van der Waals surface area contributed by atoms with Crippen molar-refractivity contribution in [2.45, 2.75) is 31.7 Å². The van der Waals surface area contributed by atoms with Crippen LogP contribution in [0.4, 0.5) is 15.8 Å². The molecule has 14 heavy (non-hydrogen) atoms. The van der Waals surface area contributed by atoms with Gasteiger partial charge < -0.3 is 11.1 Å². The van der Waals surface area contributed by atoms with E-state index in [1.165, 1.54) is 37.8 Å². The van der Waals surface area contributed by atoms with Crippen molar-refractivity contribution < 1.29 is 4.39 Å². The monoisotopic (exact) mass is 194 g/mol. The van der Waals surface area contributed by atoms with Gasteiger partial charge in [-0.2, -0.15) is 0 Å². The molecule has 0 atom stereocenters.